The van der Waals surface area contributed by atoms with E-state index in [9.17, 15) is 0 Å². The molecule has 1 atom stereocenters. The van der Waals surface area contributed by atoms with Gasteiger partial charge in [0.05, 0.1) is 5.69 Å². The van der Waals surface area contributed by atoms with Crippen LogP contribution in [0.3, 0.4) is 0 Å². The maximum Gasteiger partial charge on any atom is 0.0544 e. The van der Waals surface area contributed by atoms with E-state index in [1.165, 1.54) is 32.5 Å². The van der Waals surface area contributed by atoms with Gasteiger partial charge in [-0.05, 0) is 57.5 Å². The number of nitrogens with one attached hydrogen (secondary N) is 1. The number of likely N-dealkylation sites (tertiary alicyclic amines) is 1. The van der Waals surface area contributed by atoms with Gasteiger partial charge in [-0.15, -0.1) is 0 Å². The summed E-state index contributed by atoms with van der Waals surface area (Å²) >= 11 is 0. The van der Waals surface area contributed by atoms with Crippen molar-refractivity contribution in [2.75, 3.05) is 26.2 Å². The standard InChI is InChI=1S/C15H25N3/c1-13(12-18-8-3-4-9-18)10-16-11-15-7-5-6-14(2)17-15/h5-7,13,16H,3-4,8-12H2,1-2H3. The Hall–Kier alpha value is -0.930. The molecule has 18 heavy (non-hydrogen) atoms. The van der Waals surface area contributed by atoms with Crippen LogP contribution in [0.15, 0.2) is 18.2 Å². The first kappa shape index (κ1) is 13.5. The summed E-state index contributed by atoms with van der Waals surface area (Å²) in [5, 5.41) is 3.51. The zero-order chi connectivity index (χ0) is 12.8. The third-order valence-corrected chi connectivity index (χ3v) is 3.51. The van der Waals surface area contributed by atoms with Gasteiger partial charge in [0, 0.05) is 18.8 Å². The van der Waals surface area contributed by atoms with E-state index in [4.69, 9.17) is 0 Å². The van der Waals surface area contributed by atoms with E-state index in [1.807, 2.05) is 13.0 Å². The molecule has 0 radical (unpaired) electrons. The second kappa shape index (κ2) is 6.86. The summed E-state index contributed by atoms with van der Waals surface area (Å²) in [6, 6.07) is 6.21. The van der Waals surface area contributed by atoms with Crippen LogP contribution in [-0.4, -0.2) is 36.1 Å². The highest BCUT2D eigenvalue weighted by Crippen LogP contribution is 2.09. The molecular formula is C15H25N3. The molecule has 1 aromatic heterocycles. The number of aromatic nitrogens is 1. The van der Waals surface area contributed by atoms with Crippen LogP contribution in [0.5, 0.6) is 0 Å². The predicted octanol–water partition coefficient (Wildman–Crippen LogP) is 2.21. The average Bonchev–Trinajstić information content (AvgIpc) is 2.82. The molecule has 1 saturated heterocycles. The van der Waals surface area contributed by atoms with Gasteiger partial charge in [0.2, 0.25) is 0 Å². The first-order valence-electron chi connectivity index (χ1n) is 7.09. The molecule has 1 aliphatic heterocycles. The Bertz CT molecular complexity index is 359. The predicted molar refractivity (Wildman–Crippen MR) is 75.5 cm³/mol. The summed E-state index contributed by atoms with van der Waals surface area (Å²) in [5.41, 5.74) is 2.24. The van der Waals surface area contributed by atoms with Crippen molar-refractivity contribution < 1.29 is 0 Å². The van der Waals surface area contributed by atoms with Gasteiger partial charge in [0.15, 0.2) is 0 Å². The van der Waals surface area contributed by atoms with E-state index in [-0.39, 0.29) is 0 Å². The monoisotopic (exact) mass is 247 g/mol. The SMILES string of the molecule is Cc1cccc(CNCC(C)CN2CCCC2)n1. The maximum atomic E-state index is 4.50. The lowest BCUT2D eigenvalue weighted by atomic mass is 10.1. The molecule has 0 spiro atoms. The first-order chi connectivity index (χ1) is 8.74. The van der Waals surface area contributed by atoms with Crippen LogP contribution in [0.2, 0.25) is 0 Å². The van der Waals surface area contributed by atoms with Gasteiger partial charge in [-0.3, -0.25) is 4.98 Å². The topological polar surface area (TPSA) is 28.2 Å². The van der Waals surface area contributed by atoms with Crippen LogP contribution in [0.25, 0.3) is 0 Å². The number of rotatable bonds is 6. The zero-order valence-corrected chi connectivity index (χ0v) is 11.7. The van der Waals surface area contributed by atoms with Crippen LogP contribution in [0.1, 0.15) is 31.2 Å². The Morgan fingerprint density at radius 3 is 2.83 bits per heavy atom. The minimum atomic E-state index is 0.716. The molecule has 100 valence electrons. The first-order valence-corrected chi connectivity index (χ1v) is 7.09. The highest BCUT2D eigenvalue weighted by molar-refractivity contribution is 5.09. The Kier molecular flexibility index (Phi) is 5.14. The average molecular weight is 247 g/mol. The summed E-state index contributed by atoms with van der Waals surface area (Å²) in [6.45, 7) is 10.1. The van der Waals surface area contributed by atoms with Crippen LogP contribution >= 0.6 is 0 Å². The maximum absolute atomic E-state index is 4.50. The van der Waals surface area contributed by atoms with Crippen LogP contribution in [0, 0.1) is 12.8 Å². The summed E-state index contributed by atoms with van der Waals surface area (Å²) in [7, 11) is 0. The molecule has 1 aromatic rings. The van der Waals surface area contributed by atoms with Crippen LogP contribution in [-0.2, 0) is 6.54 Å². The highest BCUT2D eigenvalue weighted by Gasteiger charge is 2.14. The van der Waals surface area contributed by atoms with Crippen molar-refractivity contribution in [1.82, 2.24) is 15.2 Å². The van der Waals surface area contributed by atoms with Crippen molar-refractivity contribution in [3.63, 3.8) is 0 Å². The third kappa shape index (κ3) is 4.39. The van der Waals surface area contributed by atoms with Gasteiger partial charge in [0.25, 0.3) is 0 Å². The molecule has 2 rings (SSSR count). The number of hydrogen-bond acceptors (Lipinski definition) is 3. The van der Waals surface area contributed by atoms with Gasteiger partial charge in [0.1, 0.15) is 0 Å². The molecule has 1 unspecified atom stereocenters. The highest BCUT2D eigenvalue weighted by atomic mass is 15.1. The fourth-order valence-corrected chi connectivity index (χ4v) is 2.62. The van der Waals surface area contributed by atoms with Gasteiger partial charge < -0.3 is 10.2 Å². The van der Waals surface area contributed by atoms with Gasteiger partial charge >= 0.3 is 0 Å². The smallest absolute Gasteiger partial charge is 0.0544 e. The lowest BCUT2D eigenvalue weighted by Crippen LogP contribution is -2.31. The van der Waals surface area contributed by atoms with E-state index >= 15 is 0 Å². The fourth-order valence-electron chi connectivity index (χ4n) is 2.62. The van der Waals surface area contributed by atoms with Gasteiger partial charge in [-0.2, -0.15) is 0 Å². The summed E-state index contributed by atoms with van der Waals surface area (Å²) in [4.78, 5) is 7.08. The van der Waals surface area contributed by atoms with Gasteiger partial charge in [-0.1, -0.05) is 13.0 Å². The van der Waals surface area contributed by atoms with Crippen molar-refractivity contribution in [2.45, 2.75) is 33.2 Å². The lowest BCUT2D eigenvalue weighted by molar-refractivity contribution is 0.282. The summed E-state index contributed by atoms with van der Waals surface area (Å²) < 4.78 is 0. The number of aryl methyl sites for hydroxylation is 1. The van der Waals surface area contributed by atoms with Crippen molar-refractivity contribution in [3.05, 3.63) is 29.6 Å². The molecule has 3 nitrogen and oxygen atoms in total. The zero-order valence-electron chi connectivity index (χ0n) is 11.7. The normalized spacial score (nSPS) is 18.1. The van der Waals surface area contributed by atoms with E-state index in [0.717, 1.165) is 24.5 Å². The van der Waals surface area contributed by atoms with Crippen molar-refractivity contribution in [2.24, 2.45) is 5.92 Å². The molecule has 1 N–H and O–H groups in total. The Morgan fingerprint density at radius 1 is 1.33 bits per heavy atom. The molecule has 2 heterocycles. The summed E-state index contributed by atoms with van der Waals surface area (Å²) in [6.07, 6.45) is 2.76. The molecule has 0 amide bonds. The minimum Gasteiger partial charge on any atom is -0.311 e. The Morgan fingerprint density at radius 2 is 2.11 bits per heavy atom. The minimum absolute atomic E-state index is 0.716. The molecule has 0 aromatic carbocycles. The lowest BCUT2D eigenvalue weighted by Gasteiger charge is -2.20. The van der Waals surface area contributed by atoms with Crippen molar-refractivity contribution >= 4 is 0 Å². The van der Waals surface area contributed by atoms with Gasteiger partial charge in [-0.25, -0.2) is 0 Å². The van der Waals surface area contributed by atoms with Crippen molar-refractivity contribution in [1.29, 1.82) is 0 Å². The molecule has 0 aliphatic carbocycles. The number of pyridine rings is 1. The van der Waals surface area contributed by atoms with Crippen molar-refractivity contribution in [3.8, 4) is 0 Å². The largest absolute Gasteiger partial charge is 0.311 e. The van der Waals surface area contributed by atoms with E-state index in [0.29, 0.717) is 5.92 Å². The molecule has 0 bridgehead atoms. The Labute approximate surface area is 111 Å². The quantitative estimate of drug-likeness (QED) is 0.835. The molecular weight excluding hydrogens is 222 g/mol. The van der Waals surface area contributed by atoms with Crippen LogP contribution in [0.4, 0.5) is 0 Å². The molecule has 3 heteroatoms. The second-order valence-electron chi connectivity index (χ2n) is 5.51. The number of nitrogens with zero attached hydrogens (tertiary/aromatic N) is 2. The van der Waals surface area contributed by atoms with E-state index in [2.05, 4.69) is 34.3 Å². The van der Waals surface area contributed by atoms with Crippen LogP contribution < -0.4 is 5.32 Å². The second-order valence-corrected chi connectivity index (χ2v) is 5.51. The fraction of sp³-hybridized carbons (Fsp3) is 0.667. The molecule has 1 aliphatic rings. The Balaban J connectivity index is 1.65. The number of hydrogen-bond donors (Lipinski definition) is 1. The summed E-state index contributed by atoms with van der Waals surface area (Å²) in [5.74, 6) is 0.716. The van der Waals surface area contributed by atoms with E-state index < -0.39 is 0 Å². The molecule has 0 saturated carbocycles. The van der Waals surface area contributed by atoms with E-state index in [1.54, 1.807) is 0 Å². The third-order valence-electron chi connectivity index (χ3n) is 3.51. The molecule has 1 fully saturated rings.